The van der Waals surface area contributed by atoms with E-state index in [9.17, 15) is 13.2 Å². The van der Waals surface area contributed by atoms with Gasteiger partial charge in [0.25, 0.3) is 15.9 Å². The van der Waals surface area contributed by atoms with Crippen molar-refractivity contribution >= 4 is 48.3 Å². The van der Waals surface area contributed by atoms with Gasteiger partial charge in [0.1, 0.15) is 11.3 Å². The number of carbonyl (C=O) groups is 1. The van der Waals surface area contributed by atoms with Crippen LogP contribution in [0, 0.1) is 0 Å². The van der Waals surface area contributed by atoms with Crippen LogP contribution in [0.4, 0.5) is 10.8 Å². The SMILES string of the molecule is CCOc1cccc2sc(NC(=O)c3ccc(S(=O)(=O)N(CC)c4ccccc4)cc3)nc12. The zero-order valence-corrected chi connectivity index (χ0v) is 19.8. The highest BCUT2D eigenvalue weighted by Gasteiger charge is 2.24. The van der Waals surface area contributed by atoms with Crippen LogP contribution in [0.15, 0.2) is 77.7 Å². The van der Waals surface area contributed by atoms with Crippen LogP contribution >= 0.6 is 11.3 Å². The number of benzene rings is 3. The summed E-state index contributed by atoms with van der Waals surface area (Å²) < 4.78 is 34.1. The van der Waals surface area contributed by atoms with Crippen LogP contribution in [0.3, 0.4) is 0 Å². The quantitative estimate of drug-likeness (QED) is 0.375. The van der Waals surface area contributed by atoms with E-state index in [1.165, 1.54) is 39.9 Å². The van der Waals surface area contributed by atoms with E-state index in [0.717, 1.165) is 4.70 Å². The summed E-state index contributed by atoms with van der Waals surface area (Å²) in [6.45, 7) is 4.49. The monoisotopic (exact) mass is 481 g/mol. The van der Waals surface area contributed by atoms with Gasteiger partial charge in [0.2, 0.25) is 0 Å². The second-order valence-corrected chi connectivity index (χ2v) is 9.93. The predicted octanol–water partition coefficient (Wildman–Crippen LogP) is 5.16. The summed E-state index contributed by atoms with van der Waals surface area (Å²) in [5, 5.41) is 3.23. The van der Waals surface area contributed by atoms with Crippen molar-refractivity contribution in [1.82, 2.24) is 4.98 Å². The zero-order chi connectivity index (χ0) is 23.4. The zero-order valence-electron chi connectivity index (χ0n) is 18.2. The summed E-state index contributed by atoms with van der Waals surface area (Å²) in [4.78, 5) is 17.3. The molecule has 0 saturated heterocycles. The van der Waals surface area contributed by atoms with Gasteiger partial charge in [-0.25, -0.2) is 13.4 Å². The molecule has 0 unspecified atom stereocenters. The number of thiazole rings is 1. The molecule has 1 N–H and O–H groups in total. The lowest BCUT2D eigenvalue weighted by Gasteiger charge is -2.22. The number of carbonyl (C=O) groups excluding carboxylic acids is 1. The van der Waals surface area contributed by atoms with E-state index in [4.69, 9.17) is 4.74 Å². The normalized spacial score (nSPS) is 11.3. The van der Waals surface area contributed by atoms with Crippen LogP contribution in [0.1, 0.15) is 24.2 Å². The van der Waals surface area contributed by atoms with Gasteiger partial charge in [-0.1, -0.05) is 35.6 Å². The van der Waals surface area contributed by atoms with Gasteiger partial charge in [0, 0.05) is 12.1 Å². The number of amides is 1. The summed E-state index contributed by atoms with van der Waals surface area (Å²) in [6.07, 6.45) is 0. The third kappa shape index (κ3) is 4.69. The maximum absolute atomic E-state index is 13.1. The average Bonchev–Trinajstić information content (AvgIpc) is 3.24. The minimum absolute atomic E-state index is 0.117. The van der Waals surface area contributed by atoms with Crippen LogP contribution in [0.2, 0.25) is 0 Å². The van der Waals surface area contributed by atoms with Gasteiger partial charge in [-0.05, 0) is 62.4 Å². The van der Waals surface area contributed by atoms with E-state index < -0.39 is 10.0 Å². The maximum Gasteiger partial charge on any atom is 0.264 e. The molecule has 33 heavy (non-hydrogen) atoms. The van der Waals surface area contributed by atoms with Crippen molar-refractivity contribution in [3.05, 3.63) is 78.4 Å². The molecule has 0 aliphatic carbocycles. The molecule has 9 heteroatoms. The van der Waals surface area contributed by atoms with Crippen LogP contribution in [-0.2, 0) is 10.0 Å². The predicted molar refractivity (Wildman–Crippen MR) is 132 cm³/mol. The van der Waals surface area contributed by atoms with Crippen molar-refractivity contribution in [3.63, 3.8) is 0 Å². The van der Waals surface area contributed by atoms with Gasteiger partial charge >= 0.3 is 0 Å². The molecule has 0 radical (unpaired) electrons. The number of ether oxygens (including phenoxy) is 1. The minimum atomic E-state index is -3.76. The van der Waals surface area contributed by atoms with E-state index in [-0.39, 0.29) is 17.3 Å². The molecule has 0 aliphatic heterocycles. The highest BCUT2D eigenvalue weighted by atomic mass is 32.2. The van der Waals surface area contributed by atoms with E-state index in [1.54, 1.807) is 31.2 Å². The summed E-state index contributed by atoms with van der Waals surface area (Å²) in [6, 6.07) is 20.4. The minimum Gasteiger partial charge on any atom is -0.492 e. The van der Waals surface area contributed by atoms with Crippen molar-refractivity contribution < 1.29 is 17.9 Å². The Kier molecular flexibility index (Phi) is 6.62. The van der Waals surface area contributed by atoms with E-state index in [0.29, 0.717) is 34.3 Å². The van der Waals surface area contributed by atoms with Crippen molar-refractivity contribution in [3.8, 4) is 5.75 Å². The lowest BCUT2D eigenvalue weighted by atomic mass is 10.2. The van der Waals surface area contributed by atoms with Gasteiger partial charge in [0.15, 0.2) is 5.13 Å². The van der Waals surface area contributed by atoms with Gasteiger partial charge in [0.05, 0.1) is 21.9 Å². The van der Waals surface area contributed by atoms with Crippen molar-refractivity contribution in [2.45, 2.75) is 18.7 Å². The summed E-state index contributed by atoms with van der Waals surface area (Å²) >= 11 is 1.35. The van der Waals surface area contributed by atoms with Gasteiger partial charge in [-0.2, -0.15) is 0 Å². The number of nitrogens with zero attached hydrogens (tertiary/aromatic N) is 2. The largest absolute Gasteiger partial charge is 0.492 e. The molecule has 4 aromatic rings. The topological polar surface area (TPSA) is 88.6 Å². The van der Waals surface area contributed by atoms with Gasteiger partial charge in [-0.3, -0.25) is 14.4 Å². The van der Waals surface area contributed by atoms with E-state index >= 15 is 0 Å². The molecule has 0 aliphatic rings. The molecule has 1 heterocycles. The molecule has 0 saturated carbocycles. The Hall–Kier alpha value is -3.43. The maximum atomic E-state index is 13.1. The fourth-order valence-electron chi connectivity index (χ4n) is 3.41. The number of nitrogens with one attached hydrogen (secondary N) is 1. The van der Waals surface area contributed by atoms with Crippen molar-refractivity contribution in [2.24, 2.45) is 0 Å². The first-order valence-electron chi connectivity index (χ1n) is 10.5. The first kappa shape index (κ1) is 22.8. The van der Waals surface area contributed by atoms with E-state index in [1.807, 2.05) is 31.2 Å². The highest BCUT2D eigenvalue weighted by Crippen LogP contribution is 2.32. The Bertz CT molecular complexity index is 1370. The van der Waals surface area contributed by atoms with Crippen LogP contribution in [-0.4, -0.2) is 32.5 Å². The molecule has 0 bridgehead atoms. The van der Waals surface area contributed by atoms with E-state index in [2.05, 4.69) is 10.3 Å². The number of para-hydroxylation sites is 2. The Morgan fingerprint density at radius 2 is 1.73 bits per heavy atom. The van der Waals surface area contributed by atoms with Crippen LogP contribution in [0.5, 0.6) is 5.75 Å². The van der Waals surface area contributed by atoms with Crippen molar-refractivity contribution in [1.29, 1.82) is 0 Å². The molecule has 3 aromatic carbocycles. The molecule has 0 spiro atoms. The summed E-state index contributed by atoms with van der Waals surface area (Å²) in [5.41, 5.74) is 1.62. The van der Waals surface area contributed by atoms with Crippen LogP contribution < -0.4 is 14.4 Å². The third-order valence-electron chi connectivity index (χ3n) is 4.94. The van der Waals surface area contributed by atoms with Gasteiger partial charge < -0.3 is 4.74 Å². The lowest BCUT2D eigenvalue weighted by Crippen LogP contribution is -2.30. The second-order valence-electron chi connectivity index (χ2n) is 7.04. The molecule has 7 nitrogen and oxygen atoms in total. The molecule has 0 fully saturated rings. The number of hydrogen-bond donors (Lipinski definition) is 1. The Balaban J connectivity index is 1.54. The fourth-order valence-corrected chi connectivity index (χ4v) is 5.76. The Labute approximate surface area is 196 Å². The average molecular weight is 482 g/mol. The first-order valence-corrected chi connectivity index (χ1v) is 12.7. The number of sulfonamides is 1. The van der Waals surface area contributed by atoms with Crippen LogP contribution in [0.25, 0.3) is 10.2 Å². The fraction of sp³-hybridized carbons (Fsp3) is 0.167. The highest BCUT2D eigenvalue weighted by molar-refractivity contribution is 7.92. The third-order valence-corrected chi connectivity index (χ3v) is 7.79. The molecule has 4 rings (SSSR count). The number of fused-ring (bicyclic) bond motifs is 1. The lowest BCUT2D eigenvalue weighted by molar-refractivity contribution is 0.102. The number of aromatic nitrogens is 1. The second kappa shape index (κ2) is 9.60. The summed E-state index contributed by atoms with van der Waals surface area (Å²) in [7, 11) is -3.76. The van der Waals surface area contributed by atoms with Crippen molar-refractivity contribution in [2.75, 3.05) is 22.8 Å². The molecular formula is C24H23N3O4S2. The standard InChI is InChI=1S/C24H23N3O4S2/c1-3-27(18-9-6-5-7-10-18)33(29,30)19-15-13-17(14-16-19)23(28)26-24-25-22-20(31-4-2)11-8-12-21(22)32-24/h5-16H,3-4H2,1-2H3,(H,25,26,28). The number of rotatable bonds is 8. The molecule has 1 aromatic heterocycles. The molecule has 170 valence electrons. The Morgan fingerprint density at radius 1 is 1.00 bits per heavy atom. The summed E-state index contributed by atoms with van der Waals surface area (Å²) in [5.74, 6) is 0.298. The molecule has 1 amide bonds. The number of anilines is 2. The first-order chi connectivity index (χ1) is 15.9. The molecule has 0 atom stereocenters. The smallest absolute Gasteiger partial charge is 0.264 e. The van der Waals surface area contributed by atoms with Gasteiger partial charge in [-0.15, -0.1) is 0 Å². The number of hydrogen-bond acceptors (Lipinski definition) is 6. The Morgan fingerprint density at radius 3 is 2.39 bits per heavy atom. The molecular weight excluding hydrogens is 458 g/mol.